The van der Waals surface area contributed by atoms with Crippen molar-refractivity contribution in [2.45, 2.75) is 9.92 Å². The molecule has 5 nitrogen and oxygen atoms in total. The summed E-state index contributed by atoms with van der Waals surface area (Å²) >= 11 is 7.54. The number of aromatic nitrogens is 2. The minimum atomic E-state index is -0.251. The number of halogens is 1. The minimum absolute atomic E-state index is 0.251. The van der Waals surface area contributed by atoms with Gasteiger partial charge in [0.25, 0.3) is 11.7 Å². The summed E-state index contributed by atoms with van der Waals surface area (Å²) in [6.07, 6.45) is 0. The van der Waals surface area contributed by atoms with Crippen LogP contribution in [0.4, 0.5) is 11.5 Å². The van der Waals surface area contributed by atoms with Gasteiger partial charge in [-0.1, -0.05) is 42.1 Å². The lowest BCUT2D eigenvalue weighted by atomic mass is 10.2. The molecule has 3 rings (SSSR count). The fraction of sp³-hybridized carbons (Fsp3) is 0.0556. The molecule has 1 heterocycles. The Morgan fingerprint density at radius 3 is 2.60 bits per heavy atom. The maximum atomic E-state index is 12.3. The normalized spacial score (nSPS) is 10.3. The lowest BCUT2D eigenvalue weighted by Gasteiger charge is -2.07. The first kappa shape index (κ1) is 17.1. The third kappa shape index (κ3) is 4.02. The van der Waals surface area contributed by atoms with Crippen molar-refractivity contribution >= 4 is 40.8 Å². The number of amides is 1. The lowest BCUT2D eigenvalue weighted by Crippen LogP contribution is -2.12. The molecule has 1 N–H and O–H groups in total. The molecule has 0 spiro atoms. The number of carbonyl (C=O) groups is 1. The first-order valence-corrected chi connectivity index (χ1v) is 8.51. The van der Waals surface area contributed by atoms with E-state index in [1.54, 1.807) is 42.1 Å². The smallest absolute Gasteiger partial charge is 0.296 e. The van der Waals surface area contributed by atoms with Crippen LogP contribution in [0.15, 0.2) is 64.5 Å². The van der Waals surface area contributed by atoms with Gasteiger partial charge in [-0.15, -0.1) is 0 Å². The van der Waals surface area contributed by atoms with E-state index in [0.717, 1.165) is 9.92 Å². The molecule has 1 amide bonds. The van der Waals surface area contributed by atoms with Gasteiger partial charge in [0.15, 0.2) is 0 Å². The molecule has 0 aliphatic carbocycles. The summed E-state index contributed by atoms with van der Waals surface area (Å²) in [4.78, 5) is 16.6. The molecule has 2 aromatic carbocycles. The molecule has 0 bridgehead atoms. The molecule has 0 fully saturated rings. The molecule has 1 aromatic heterocycles. The molecule has 7 heteroatoms. The van der Waals surface area contributed by atoms with Gasteiger partial charge in [0, 0.05) is 10.6 Å². The van der Waals surface area contributed by atoms with Crippen molar-refractivity contribution in [3.63, 3.8) is 0 Å². The van der Waals surface area contributed by atoms with Gasteiger partial charge in [0.2, 0.25) is 0 Å². The Labute approximate surface area is 154 Å². The lowest BCUT2D eigenvalue weighted by molar-refractivity contribution is 0.102. The molecule has 124 valence electrons. The third-order valence-corrected chi connectivity index (χ3v) is 4.82. The maximum absolute atomic E-state index is 12.3. The molecule has 0 atom stereocenters. The van der Waals surface area contributed by atoms with Gasteiger partial charge in [-0.3, -0.25) is 4.79 Å². The van der Waals surface area contributed by atoms with Gasteiger partial charge < -0.3 is 10.2 Å². The summed E-state index contributed by atoms with van der Waals surface area (Å²) in [5, 5.41) is 8.21. The number of carbonyl (C=O) groups excluding carboxylic acids is 1. The van der Waals surface area contributed by atoms with Crippen LogP contribution in [0.2, 0.25) is 5.02 Å². The summed E-state index contributed by atoms with van der Waals surface area (Å²) in [6, 6.07) is 16.1. The van der Waals surface area contributed by atoms with E-state index in [9.17, 15) is 4.79 Å². The van der Waals surface area contributed by atoms with Gasteiger partial charge in [-0.2, -0.15) is 4.68 Å². The van der Waals surface area contributed by atoms with Gasteiger partial charge in [0.1, 0.15) is 5.03 Å². The summed E-state index contributed by atoms with van der Waals surface area (Å²) in [5.41, 5.74) is 1.12. The van der Waals surface area contributed by atoms with E-state index in [0.29, 0.717) is 22.1 Å². The molecular weight excluding hydrogens is 356 g/mol. The second kappa shape index (κ2) is 7.43. The molecule has 0 saturated heterocycles. The number of rotatable bonds is 4. The maximum Gasteiger partial charge on any atom is 0.296 e. The summed E-state index contributed by atoms with van der Waals surface area (Å²) in [6.45, 7) is 7.00. The van der Waals surface area contributed by atoms with Gasteiger partial charge in [-0.25, -0.2) is 0 Å². The zero-order chi connectivity index (χ0) is 17.8. The van der Waals surface area contributed by atoms with E-state index in [1.165, 1.54) is 11.8 Å². The highest BCUT2D eigenvalue weighted by atomic mass is 35.5. The fourth-order valence-corrected chi connectivity index (χ4v) is 3.23. The average molecular weight is 369 g/mol. The zero-order valence-electron chi connectivity index (χ0n) is 13.2. The van der Waals surface area contributed by atoms with Crippen LogP contribution in [0.1, 0.15) is 10.4 Å². The number of hydrogen-bond acceptors (Lipinski definition) is 3. The highest BCUT2D eigenvalue weighted by Gasteiger charge is 2.11. The fourth-order valence-electron chi connectivity index (χ4n) is 2.16. The van der Waals surface area contributed by atoms with Crippen molar-refractivity contribution in [3.05, 3.63) is 76.6 Å². The van der Waals surface area contributed by atoms with Crippen LogP contribution < -0.4 is 5.32 Å². The molecule has 0 aliphatic heterocycles. The molecule has 0 unspecified atom stereocenters. The van der Waals surface area contributed by atoms with E-state index in [2.05, 4.69) is 15.3 Å². The minimum Gasteiger partial charge on any atom is -0.359 e. The van der Waals surface area contributed by atoms with Crippen LogP contribution in [0.5, 0.6) is 0 Å². The molecular formula is C18H13ClN4OS. The predicted octanol–water partition coefficient (Wildman–Crippen LogP) is 5.03. The summed E-state index contributed by atoms with van der Waals surface area (Å²) < 4.78 is 1.67. The highest BCUT2D eigenvalue weighted by Crippen LogP contribution is 2.30. The molecule has 0 radical (unpaired) electrons. The standard InChI is InChI=1S/C18H13ClN4OS/c1-20-16-11-17(23(2)22-16)25-13-9-7-12(8-10-13)21-18(24)14-5-3-4-6-15(14)19/h3-11H,2H3,(H,21,24). The van der Waals surface area contributed by atoms with E-state index in [4.69, 9.17) is 18.2 Å². The Hall–Kier alpha value is -2.75. The van der Waals surface area contributed by atoms with Crippen molar-refractivity contribution in [1.29, 1.82) is 0 Å². The van der Waals surface area contributed by atoms with Crippen LogP contribution in [0.25, 0.3) is 4.85 Å². The van der Waals surface area contributed by atoms with E-state index >= 15 is 0 Å². The second-order valence-electron chi connectivity index (χ2n) is 5.14. The predicted molar refractivity (Wildman–Crippen MR) is 99.4 cm³/mol. The molecule has 0 saturated carbocycles. The van der Waals surface area contributed by atoms with Crippen molar-refractivity contribution in [1.82, 2.24) is 9.78 Å². The molecule has 0 aliphatic rings. The van der Waals surface area contributed by atoms with Crippen molar-refractivity contribution in [2.75, 3.05) is 5.32 Å². The zero-order valence-corrected chi connectivity index (χ0v) is 14.8. The number of hydrogen-bond donors (Lipinski definition) is 1. The average Bonchev–Trinajstić information content (AvgIpc) is 2.97. The van der Waals surface area contributed by atoms with Gasteiger partial charge in [-0.05, 0) is 47.6 Å². The third-order valence-electron chi connectivity index (χ3n) is 3.39. The van der Waals surface area contributed by atoms with Crippen LogP contribution in [0, 0.1) is 6.57 Å². The Morgan fingerprint density at radius 2 is 1.96 bits per heavy atom. The largest absolute Gasteiger partial charge is 0.359 e. The number of anilines is 1. The van der Waals surface area contributed by atoms with Crippen molar-refractivity contribution < 1.29 is 4.79 Å². The Bertz CT molecular complexity index is 960. The van der Waals surface area contributed by atoms with Crippen LogP contribution in [-0.2, 0) is 7.05 Å². The van der Waals surface area contributed by atoms with E-state index in [-0.39, 0.29) is 5.91 Å². The highest BCUT2D eigenvalue weighted by molar-refractivity contribution is 7.99. The molecule has 25 heavy (non-hydrogen) atoms. The quantitative estimate of drug-likeness (QED) is 0.657. The van der Waals surface area contributed by atoms with Crippen LogP contribution >= 0.6 is 23.4 Å². The van der Waals surface area contributed by atoms with Crippen molar-refractivity contribution in [3.8, 4) is 0 Å². The topological polar surface area (TPSA) is 51.3 Å². The monoisotopic (exact) mass is 368 g/mol. The summed E-state index contributed by atoms with van der Waals surface area (Å²) in [7, 11) is 1.80. The van der Waals surface area contributed by atoms with E-state index < -0.39 is 0 Å². The van der Waals surface area contributed by atoms with Gasteiger partial charge in [0.05, 0.1) is 17.6 Å². The first-order valence-electron chi connectivity index (χ1n) is 7.32. The van der Waals surface area contributed by atoms with Crippen LogP contribution in [-0.4, -0.2) is 15.7 Å². The number of nitrogens with one attached hydrogen (secondary N) is 1. The van der Waals surface area contributed by atoms with Crippen LogP contribution in [0.3, 0.4) is 0 Å². The van der Waals surface area contributed by atoms with E-state index in [1.807, 2.05) is 24.3 Å². The van der Waals surface area contributed by atoms with Gasteiger partial charge >= 0.3 is 0 Å². The number of aryl methyl sites for hydroxylation is 1. The Balaban J connectivity index is 1.70. The SMILES string of the molecule is [C-]#[N+]c1cc(Sc2ccc(NC(=O)c3ccccc3Cl)cc2)n(C)n1. The Kier molecular flexibility index (Phi) is 5.08. The number of benzene rings is 2. The first-order chi connectivity index (χ1) is 12.1. The summed E-state index contributed by atoms with van der Waals surface area (Å²) in [5.74, 6) is 0.118. The molecule has 3 aromatic rings. The number of nitrogens with zero attached hydrogens (tertiary/aromatic N) is 3. The van der Waals surface area contributed by atoms with Crippen molar-refractivity contribution in [2.24, 2.45) is 7.05 Å². The Morgan fingerprint density at radius 1 is 1.24 bits per heavy atom. The second-order valence-corrected chi connectivity index (χ2v) is 6.64.